The van der Waals surface area contributed by atoms with E-state index < -0.39 is 0 Å². The fourth-order valence-electron chi connectivity index (χ4n) is 2.53. The fraction of sp³-hybridized carbons (Fsp3) is 0.533. The lowest BCUT2D eigenvalue weighted by Gasteiger charge is -2.33. The molecule has 0 atom stereocenters. The van der Waals surface area contributed by atoms with Gasteiger partial charge in [-0.2, -0.15) is 0 Å². The number of hydrogen-bond donors (Lipinski definition) is 0. The standard InChI is InChI=1S/C15H22N2O2/c1-11-9-12(2)14(13(10-11)19-4)15(18)17-7-5-16(3)6-8-17/h9-10H,5-8H2,1-4H3. The number of ether oxygens (including phenoxy) is 1. The quantitative estimate of drug-likeness (QED) is 0.813. The van der Waals surface area contributed by atoms with E-state index in [1.807, 2.05) is 30.9 Å². The molecule has 1 fully saturated rings. The van der Waals surface area contributed by atoms with Gasteiger partial charge < -0.3 is 14.5 Å². The molecule has 1 amide bonds. The van der Waals surface area contributed by atoms with E-state index in [9.17, 15) is 4.79 Å². The van der Waals surface area contributed by atoms with Crippen LogP contribution in [0.4, 0.5) is 0 Å². The van der Waals surface area contributed by atoms with Crippen LogP contribution in [0.1, 0.15) is 21.5 Å². The van der Waals surface area contributed by atoms with Crippen molar-refractivity contribution in [2.45, 2.75) is 13.8 Å². The molecule has 2 rings (SSSR count). The molecule has 4 nitrogen and oxygen atoms in total. The van der Waals surface area contributed by atoms with E-state index in [1.165, 1.54) is 0 Å². The van der Waals surface area contributed by atoms with Crippen LogP contribution < -0.4 is 4.74 Å². The Hall–Kier alpha value is -1.55. The summed E-state index contributed by atoms with van der Waals surface area (Å²) in [5.74, 6) is 0.767. The molecule has 0 unspecified atom stereocenters. The lowest BCUT2D eigenvalue weighted by Crippen LogP contribution is -2.47. The molecule has 0 N–H and O–H groups in total. The summed E-state index contributed by atoms with van der Waals surface area (Å²) in [6.07, 6.45) is 0. The van der Waals surface area contributed by atoms with E-state index >= 15 is 0 Å². The Morgan fingerprint density at radius 2 is 1.79 bits per heavy atom. The Kier molecular flexibility index (Phi) is 4.10. The summed E-state index contributed by atoms with van der Waals surface area (Å²) in [6.45, 7) is 7.41. The Morgan fingerprint density at radius 1 is 1.16 bits per heavy atom. The second-order valence-electron chi connectivity index (χ2n) is 5.25. The Balaban J connectivity index is 2.28. The molecular weight excluding hydrogens is 240 g/mol. The number of nitrogens with zero attached hydrogens (tertiary/aromatic N) is 2. The number of methoxy groups -OCH3 is 1. The predicted octanol–water partition coefficient (Wildman–Crippen LogP) is 1.70. The first-order valence-electron chi connectivity index (χ1n) is 6.66. The third-order valence-corrected chi connectivity index (χ3v) is 3.67. The first-order valence-corrected chi connectivity index (χ1v) is 6.66. The summed E-state index contributed by atoms with van der Waals surface area (Å²) in [5, 5.41) is 0. The van der Waals surface area contributed by atoms with Gasteiger partial charge >= 0.3 is 0 Å². The van der Waals surface area contributed by atoms with Crippen molar-refractivity contribution in [2.75, 3.05) is 40.3 Å². The van der Waals surface area contributed by atoms with E-state index in [2.05, 4.69) is 11.9 Å². The molecule has 1 heterocycles. The van der Waals surface area contributed by atoms with Crippen molar-refractivity contribution < 1.29 is 9.53 Å². The van der Waals surface area contributed by atoms with Crippen LogP contribution in [0.15, 0.2) is 12.1 Å². The fourth-order valence-corrected chi connectivity index (χ4v) is 2.53. The molecule has 0 radical (unpaired) electrons. The molecule has 0 aromatic heterocycles. The monoisotopic (exact) mass is 262 g/mol. The number of carbonyl (C=O) groups excluding carboxylic acids is 1. The smallest absolute Gasteiger partial charge is 0.257 e. The van der Waals surface area contributed by atoms with Crippen molar-refractivity contribution >= 4 is 5.91 Å². The highest BCUT2D eigenvalue weighted by Gasteiger charge is 2.24. The normalized spacial score (nSPS) is 16.5. The van der Waals surface area contributed by atoms with Crippen LogP contribution in [-0.2, 0) is 0 Å². The zero-order chi connectivity index (χ0) is 14.0. The second-order valence-corrected chi connectivity index (χ2v) is 5.25. The Labute approximate surface area is 115 Å². The Bertz CT molecular complexity index is 477. The van der Waals surface area contributed by atoms with Gasteiger partial charge in [0.05, 0.1) is 12.7 Å². The molecular formula is C15H22N2O2. The van der Waals surface area contributed by atoms with E-state index in [-0.39, 0.29) is 5.91 Å². The molecule has 1 saturated heterocycles. The molecule has 104 valence electrons. The average molecular weight is 262 g/mol. The van der Waals surface area contributed by atoms with Gasteiger partial charge in [-0.25, -0.2) is 0 Å². The largest absolute Gasteiger partial charge is 0.496 e. The summed E-state index contributed by atoms with van der Waals surface area (Å²) in [4.78, 5) is 16.8. The van der Waals surface area contributed by atoms with Crippen molar-refractivity contribution in [3.8, 4) is 5.75 Å². The number of hydrogen-bond acceptors (Lipinski definition) is 3. The van der Waals surface area contributed by atoms with E-state index in [0.717, 1.165) is 37.3 Å². The van der Waals surface area contributed by atoms with E-state index in [0.29, 0.717) is 11.3 Å². The molecule has 1 aliphatic heterocycles. The first kappa shape index (κ1) is 13.9. The number of piperazine rings is 1. The highest BCUT2D eigenvalue weighted by molar-refractivity contribution is 5.98. The number of carbonyl (C=O) groups is 1. The summed E-state index contributed by atoms with van der Waals surface area (Å²) < 4.78 is 5.38. The average Bonchev–Trinajstić information content (AvgIpc) is 2.38. The highest BCUT2D eigenvalue weighted by Crippen LogP contribution is 2.26. The zero-order valence-electron chi connectivity index (χ0n) is 12.2. The van der Waals surface area contributed by atoms with Gasteiger partial charge in [0.25, 0.3) is 5.91 Å². The van der Waals surface area contributed by atoms with Crippen molar-refractivity contribution in [1.29, 1.82) is 0 Å². The summed E-state index contributed by atoms with van der Waals surface area (Å²) in [7, 11) is 3.70. The van der Waals surface area contributed by atoms with Crippen molar-refractivity contribution in [1.82, 2.24) is 9.80 Å². The highest BCUT2D eigenvalue weighted by atomic mass is 16.5. The molecule has 0 aliphatic carbocycles. The minimum absolute atomic E-state index is 0.0856. The second kappa shape index (κ2) is 5.61. The molecule has 0 bridgehead atoms. The third-order valence-electron chi connectivity index (χ3n) is 3.67. The lowest BCUT2D eigenvalue weighted by molar-refractivity contribution is 0.0660. The maximum absolute atomic E-state index is 12.6. The molecule has 0 spiro atoms. The predicted molar refractivity (Wildman–Crippen MR) is 75.9 cm³/mol. The number of benzene rings is 1. The van der Waals surface area contributed by atoms with Crippen LogP contribution in [-0.4, -0.2) is 56.0 Å². The minimum atomic E-state index is 0.0856. The van der Waals surface area contributed by atoms with Crippen molar-refractivity contribution in [3.05, 3.63) is 28.8 Å². The number of amides is 1. The molecule has 1 aromatic carbocycles. The summed E-state index contributed by atoms with van der Waals surface area (Å²) in [6, 6.07) is 3.96. The first-order chi connectivity index (χ1) is 9.02. The van der Waals surface area contributed by atoms with E-state index in [4.69, 9.17) is 4.74 Å². The van der Waals surface area contributed by atoms with Gasteiger partial charge in [-0.1, -0.05) is 6.07 Å². The molecule has 1 aliphatic rings. The van der Waals surface area contributed by atoms with Crippen LogP contribution >= 0.6 is 0 Å². The third kappa shape index (κ3) is 2.89. The molecule has 19 heavy (non-hydrogen) atoms. The molecule has 1 aromatic rings. The summed E-state index contributed by atoms with van der Waals surface area (Å²) in [5.41, 5.74) is 2.81. The Morgan fingerprint density at radius 3 is 2.37 bits per heavy atom. The summed E-state index contributed by atoms with van der Waals surface area (Å²) >= 11 is 0. The minimum Gasteiger partial charge on any atom is -0.496 e. The van der Waals surface area contributed by atoms with Gasteiger partial charge in [0, 0.05) is 26.2 Å². The lowest BCUT2D eigenvalue weighted by atomic mass is 10.0. The van der Waals surface area contributed by atoms with Crippen LogP contribution in [0.25, 0.3) is 0 Å². The molecule has 0 saturated carbocycles. The van der Waals surface area contributed by atoms with Crippen LogP contribution in [0.2, 0.25) is 0 Å². The zero-order valence-corrected chi connectivity index (χ0v) is 12.2. The van der Waals surface area contributed by atoms with Gasteiger partial charge in [0.1, 0.15) is 5.75 Å². The number of rotatable bonds is 2. The molecule has 4 heteroatoms. The van der Waals surface area contributed by atoms with Gasteiger partial charge in [0.2, 0.25) is 0 Å². The maximum Gasteiger partial charge on any atom is 0.257 e. The van der Waals surface area contributed by atoms with Crippen molar-refractivity contribution in [3.63, 3.8) is 0 Å². The topological polar surface area (TPSA) is 32.8 Å². The van der Waals surface area contributed by atoms with Gasteiger partial charge in [-0.15, -0.1) is 0 Å². The number of likely N-dealkylation sites (N-methyl/N-ethyl adjacent to an activating group) is 1. The maximum atomic E-state index is 12.6. The van der Waals surface area contributed by atoms with E-state index in [1.54, 1.807) is 7.11 Å². The van der Waals surface area contributed by atoms with Gasteiger partial charge in [0.15, 0.2) is 0 Å². The van der Waals surface area contributed by atoms with Gasteiger partial charge in [-0.3, -0.25) is 4.79 Å². The van der Waals surface area contributed by atoms with Gasteiger partial charge in [-0.05, 0) is 38.1 Å². The van der Waals surface area contributed by atoms with Crippen LogP contribution in [0.3, 0.4) is 0 Å². The van der Waals surface area contributed by atoms with Crippen LogP contribution in [0.5, 0.6) is 5.75 Å². The number of aryl methyl sites for hydroxylation is 2. The van der Waals surface area contributed by atoms with Crippen molar-refractivity contribution in [2.24, 2.45) is 0 Å². The SMILES string of the molecule is COc1cc(C)cc(C)c1C(=O)N1CCN(C)CC1. The van der Waals surface area contributed by atoms with Crippen LogP contribution in [0, 0.1) is 13.8 Å².